The summed E-state index contributed by atoms with van der Waals surface area (Å²) in [5.74, 6) is 0. The molecule has 0 unspecified atom stereocenters. The smallest absolute Gasteiger partial charge is 0.0788 e. The summed E-state index contributed by atoms with van der Waals surface area (Å²) >= 11 is 0. The van der Waals surface area contributed by atoms with Crippen LogP contribution in [0.1, 0.15) is 0 Å². The van der Waals surface area contributed by atoms with E-state index in [-0.39, 0.29) is 0 Å². The molecule has 0 saturated carbocycles. The number of aromatic nitrogens is 2. The Hall–Kier alpha value is -7.16. The third kappa shape index (κ3) is 4.60. The van der Waals surface area contributed by atoms with Crippen molar-refractivity contribution in [3.63, 3.8) is 0 Å². The molecule has 2 heteroatoms. The van der Waals surface area contributed by atoms with Gasteiger partial charge in [-0.3, -0.25) is 0 Å². The van der Waals surface area contributed by atoms with E-state index in [0.29, 0.717) is 0 Å². The van der Waals surface area contributed by atoms with Crippen LogP contribution >= 0.6 is 0 Å². The van der Waals surface area contributed by atoms with Gasteiger partial charge in [-0.1, -0.05) is 170 Å². The topological polar surface area (TPSA) is 9.86 Å². The molecular formula is C52H34N2. The maximum Gasteiger partial charge on any atom is 0.0788 e. The van der Waals surface area contributed by atoms with Crippen LogP contribution in [0, 0.1) is 0 Å². The third-order valence-electron chi connectivity index (χ3n) is 11.1. The van der Waals surface area contributed by atoms with Gasteiger partial charge in [-0.15, -0.1) is 0 Å². The molecule has 11 rings (SSSR count). The summed E-state index contributed by atoms with van der Waals surface area (Å²) in [5, 5.41) is 8.71. The average molecular weight is 687 g/mol. The Bertz CT molecular complexity index is 3130. The third-order valence-corrected chi connectivity index (χ3v) is 11.1. The zero-order chi connectivity index (χ0) is 35.6. The normalized spacial score (nSPS) is 11.7. The number of benzene rings is 9. The summed E-state index contributed by atoms with van der Waals surface area (Å²) in [7, 11) is 0. The Kier molecular flexibility index (Phi) is 6.90. The van der Waals surface area contributed by atoms with Gasteiger partial charge in [0, 0.05) is 27.5 Å². The van der Waals surface area contributed by atoms with Gasteiger partial charge in [0.05, 0.1) is 22.2 Å². The van der Waals surface area contributed by atoms with Gasteiger partial charge in [-0.2, -0.15) is 0 Å². The molecule has 0 bridgehead atoms. The lowest BCUT2D eigenvalue weighted by Crippen LogP contribution is -2.00. The number of hydrogen-bond donors (Lipinski definition) is 0. The van der Waals surface area contributed by atoms with Gasteiger partial charge >= 0.3 is 0 Å². The molecule has 0 aliphatic heterocycles. The minimum atomic E-state index is 1.13. The number of nitrogens with zero attached hydrogens (tertiary/aromatic N) is 2. The van der Waals surface area contributed by atoms with Crippen LogP contribution in [-0.2, 0) is 0 Å². The molecule has 2 aromatic heterocycles. The molecule has 9 aromatic carbocycles. The standard InChI is InChI=1S/C52H34N2/c1-4-17-35(18-5-1)48-34-38-31-32-46-41-25-14-15-30-47(41)54(52(46)51(38)53(48)39-22-8-3-9-23-39)40-24-16-21-37(33-40)50-44-28-12-10-26-42(44)49(36-19-6-2-7-20-36)43-27-11-13-29-45(43)50/h1-34H. The molecule has 0 radical (unpaired) electrons. The first-order valence-corrected chi connectivity index (χ1v) is 18.6. The Labute approximate surface area is 313 Å². The molecule has 0 aliphatic carbocycles. The number of para-hydroxylation sites is 2. The zero-order valence-corrected chi connectivity index (χ0v) is 29.5. The molecular weight excluding hydrogens is 653 g/mol. The van der Waals surface area contributed by atoms with Gasteiger partial charge in [-0.05, 0) is 85.8 Å². The maximum atomic E-state index is 2.49. The van der Waals surface area contributed by atoms with Gasteiger partial charge in [-0.25, -0.2) is 0 Å². The van der Waals surface area contributed by atoms with Crippen LogP contribution in [0.5, 0.6) is 0 Å². The predicted octanol–water partition coefficient (Wildman–Crippen LogP) is 14.0. The van der Waals surface area contributed by atoms with Crippen LogP contribution in [0.2, 0.25) is 0 Å². The van der Waals surface area contributed by atoms with Crippen molar-refractivity contribution >= 4 is 54.3 Å². The molecule has 11 aromatic rings. The lowest BCUT2D eigenvalue weighted by molar-refractivity contribution is 1.12. The molecule has 0 aliphatic rings. The highest BCUT2D eigenvalue weighted by molar-refractivity contribution is 6.22. The van der Waals surface area contributed by atoms with Gasteiger partial charge in [0.2, 0.25) is 0 Å². The SMILES string of the molecule is c1ccc(-c2c3ccccc3c(-c3cccc(-n4c5ccccc5c5ccc6cc(-c7ccccc7)n(-c7ccccc7)c6c54)c3)c3ccccc23)cc1. The second-order valence-electron chi connectivity index (χ2n) is 14.1. The number of hydrogen-bond acceptors (Lipinski definition) is 0. The molecule has 0 atom stereocenters. The van der Waals surface area contributed by atoms with Crippen LogP contribution in [0.4, 0.5) is 0 Å². The van der Waals surface area contributed by atoms with Crippen molar-refractivity contribution in [1.29, 1.82) is 0 Å². The summed E-state index contributed by atoms with van der Waals surface area (Å²) in [6.07, 6.45) is 0. The largest absolute Gasteiger partial charge is 0.307 e. The Morgan fingerprint density at radius 2 is 0.778 bits per heavy atom. The molecule has 252 valence electrons. The molecule has 0 spiro atoms. The first-order chi connectivity index (χ1) is 26.8. The highest BCUT2D eigenvalue weighted by Crippen LogP contribution is 2.45. The van der Waals surface area contributed by atoms with Crippen LogP contribution in [-0.4, -0.2) is 9.13 Å². The second-order valence-corrected chi connectivity index (χ2v) is 14.1. The van der Waals surface area contributed by atoms with Crippen LogP contribution < -0.4 is 0 Å². The molecule has 0 fully saturated rings. The Morgan fingerprint density at radius 3 is 1.43 bits per heavy atom. The Morgan fingerprint density at radius 1 is 0.278 bits per heavy atom. The summed E-state index contributed by atoms with van der Waals surface area (Å²) in [6.45, 7) is 0. The summed E-state index contributed by atoms with van der Waals surface area (Å²) < 4.78 is 4.95. The fourth-order valence-corrected chi connectivity index (χ4v) is 8.83. The molecule has 54 heavy (non-hydrogen) atoms. The van der Waals surface area contributed by atoms with Gasteiger partial charge in [0.15, 0.2) is 0 Å². The number of rotatable bonds is 5. The molecule has 0 N–H and O–H groups in total. The zero-order valence-electron chi connectivity index (χ0n) is 29.5. The van der Waals surface area contributed by atoms with E-state index in [1.54, 1.807) is 0 Å². The van der Waals surface area contributed by atoms with Crippen molar-refractivity contribution in [1.82, 2.24) is 9.13 Å². The van der Waals surface area contributed by atoms with E-state index in [0.717, 1.165) is 11.4 Å². The van der Waals surface area contributed by atoms with E-state index < -0.39 is 0 Å². The monoisotopic (exact) mass is 686 g/mol. The summed E-state index contributed by atoms with van der Waals surface area (Å²) in [4.78, 5) is 0. The van der Waals surface area contributed by atoms with Crippen molar-refractivity contribution in [3.8, 4) is 44.9 Å². The van der Waals surface area contributed by atoms with Gasteiger partial charge in [0.1, 0.15) is 0 Å². The van der Waals surface area contributed by atoms with Crippen LogP contribution in [0.15, 0.2) is 206 Å². The van der Waals surface area contributed by atoms with Gasteiger partial charge in [0.25, 0.3) is 0 Å². The lowest BCUT2D eigenvalue weighted by Gasteiger charge is -2.19. The molecule has 0 amide bonds. The van der Waals surface area contributed by atoms with Crippen LogP contribution in [0.25, 0.3) is 99.1 Å². The highest BCUT2D eigenvalue weighted by atomic mass is 15.0. The summed E-state index contributed by atoms with van der Waals surface area (Å²) in [5.41, 5.74) is 13.2. The lowest BCUT2D eigenvalue weighted by atomic mass is 9.86. The van der Waals surface area contributed by atoms with E-state index in [1.807, 2.05) is 0 Å². The van der Waals surface area contributed by atoms with Crippen molar-refractivity contribution in [3.05, 3.63) is 206 Å². The molecule has 0 saturated heterocycles. The first kappa shape index (κ1) is 30.5. The highest BCUT2D eigenvalue weighted by Gasteiger charge is 2.22. The Balaban J connectivity index is 1.24. The van der Waals surface area contributed by atoms with Crippen molar-refractivity contribution in [2.24, 2.45) is 0 Å². The van der Waals surface area contributed by atoms with E-state index in [9.17, 15) is 0 Å². The molecule has 2 heterocycles. The molecule has 2 nitrogen and oxygen atoms in total. The average Bonchev–Trinajstić information content (AvgIpc) is 3.80. The van der Waals surface area contributed by atoms with E-state index in [2.05, 4.69) is 215 Å². The quantitative estimate of drug-likeness (QED) is 0.160. The van der Waals surface area contributed by atoms with Gasteiger partial charge < -0.3 is 9.13 Å². The van der Waals surface area contributed by atoms with E-state index in [1.165, 1.54) is 87.8 Å². The van der Waals surface area contributed by atoms with E-state index >= 15 is 0 Å². The summed E-state index contributed by atoms with van der Waals surface area (Å²) in [6, 6.07) is 75.2. The maximum absolute atomic E-state index is 2.49. The van der Waals surface area contributed by atoms with E-state index in [4.69, 9.17) is 0 Å². The second kappa shape index (κ2) is 12.2. The minimum absolute atomic E-state index is 1.13. The van der Waals surface area contributed by atoms with Crippen LogP contribution in [0.3, 0.4) is 0 Å². The van der Waals surface area contributed by atoms with Crippen molar-refractivity contribution < 1.29 is 0 Å². The fourth-order valence-electron chi connectivity index (χ4n) is 8.83. The predicted molar refractivity (Wildman–Crippen MR) is 229 cm³/mol. The van der Waals surface area contributed by atoms with Crippen molar-refractivity contribution in [2.75, 3.05) is 0 Å². The minimum Gasteiger partial charge on any atom is -0.307 e. The van der Waals surface area contributed by atoms with Crippen molar-refractivity contribution in [2.45, 2.75) is 0 Å². The fraction of sp³-hybridized carbons (Fsp3) is 0. The first-order valence-electron chi connectivity index (χ1n) is 18.6. The number of fused-ring (bicyclic) bond motifs is 7.